The highest BCUT2D eigenvalue weighted by Crippen LogP contribution is 2.42. The van der Waals surface area contributed by atoms with Crippen LogP contribution in [0.3, 0.4) is 0 Å². The molecule has 1 aliphatic rings. The Morgan fingerprint density at radius 3 is 2.65 bits per heavy atom. The van der Waals surface area contributed by atoms with Gasteiger partial charge >= 0.3 is 5.97 Å². The highest BCUT2D eigenvalue weighted by atomic mass is 79.9. The minimum Gasteiger partial charge on any atom is -0.478 e. The van der Waals surface area contributed by atoms with Gasteiger partial charge in [0.25, 0.3) is 0 Å². The summed E-state index contributed by atoms with van der Waals surface area (Å²) < 4.78 is 3.04. The first kappa shape index (κ1) is 22.3. The Morgan fingerprint density at radius 1 is 1.06 bits per heavy atom. The minimum atomic E-state index is -0.961. The Hall–Kier alpha value is -3.49. The number of rotatable bonds is 5. The van der Waals surface area contributed by atoms with Crippen molar-refractivity contribution in [3.05, 3.63) is 112 Å². The molecule has 1 saturated heterocycles. The van der Waals surface area contributed by atoms with E-state index in [9.17, 15) is 9.90 Å². The van der Waals surface area contributed by atoms with E-state index in [0.29, 0.717) is 5.11 Å². The number of pyridine rings is 1. The summed E-state index contributed by atoms with van der Waals surface area (Å²) in [5.74, 6) is -0.961. The molecule has 2 aromatic heterocycles. The summed E-state index contributed by atoms with van der Waals surface area (Å²) >= 11 is 9.42. The Kier molecular flexibility index (Phi) is 5.93. The number of hydrogen-bond acceptors (Lipinski definition) is 3. The molecule has 8 heteroatoms. The molecule has 2 atom stereocenters. The maximum atomic E-state index is 11.6. The minimum absolute atomic E-state index is 0.200. The molecule has 2 N–H and O–H groups in total. The van der Waals surface area contributed by atoms with Crippen molar-refractivity contribution < 1.29 is 9.90 Å². The van der Waals surface area contributed by atoms with Gasteiger partial charge in [0.2, 0.25) is 0 Å². The molecule has 0 spiro atoms. The molecule has 2 unspecified atom stereocenters. The lowest BCUT2D eigenvalue weighted by molar-refractivity contribution is 0.0697. The molecule has 1 aliphatic heterocycles. The maximum absolute atomic E-state index is 11.6. The average Bonchev–Trinajstić information content (AvgIpc) is 3.46. The molecule has 170 valence electrons. The number of aryl methyl sites for hydroxylation is 1. The van der Waals surface area contributed by atoms with Crippen LogP contribution in [0.5, 0.6) is 0 Å². The molecule has 0 bridgehead atoms. The van der Waals surface area contributed by atoms with Gasteiger partial charge in [-0.05, 0) is 85.4 Å². The fourth-order valence-corrected chi connectivity index (χ4v) is 4.96. The van der Waals surface area contributed by atoms with Gasteiger partial charge in [-0.1, -0.05) is 28.1 Å². The molecule has 0 radical (unpaired) electrons. The largest absolute Gasteiger partial charge is 0.478 e. The zero-order valence-corrected chi connectivity index (χ0v) is 20.6. The predicted molar refractivity (Wildman–Crippen MR) is 140 cm³/mol. The topological polar surface area (TPSA) is 70.4 Å². The molecule has 4 aromatic rings. The van der Waals surface area contributed by atoms with Gasteiger partial charge in [0, 0.05) is 33.9 Å². The first-order valence-corrected chi connectivity index (χ1v) is 11.9. The van der Waals surface area contributed by atoms with Crippen LogP contribution in [0.2, 0.25) is 0 Å². The quantitative estimate of drug-likeness (QED) is 0.315. The second-order valence-corrected chi connectivity index (χ2v) is 9.33. The second kappa shape index (κ2) is 9.04. The molecule has 2 aromatic carbocycles. The normalized spacial score (nSPS) is 17.6. The van der Waals surface area contributed by atoms with Gasteiger partial charge in [0.1, 0.15) is 6.04 Å². The van der Waals surface area contributed by atoms with Crippen LogP contribution in [0.1, 0.15) is 39.4 Å². The number of halogens is 1. The SMILES string of the molecule is Cc1cc(N2C(=S)NC(c3ccccn3)C2c2cccn2-c2cccc(C(=O)O)c2)ccc1Br. The van der Waals surface area contributed by atoms with Crippen molar-refractivity contribution in [1.82, 2.24) is 14.9 Å². The van der Waals surface area contributed by atoms with Crippen LogP contribution in [0.25, 0.3) is 5.69 Å². The Bertz CT molecular complexity index is 1390. The third-order valence-corrected chi connectivity index (χ3v) is 7.18. The zero-order chi connectivity index (χ0) is 23.8. The number of aromatic carboxylic acids is 1. The molecule has 0 aliphatic carbocycles. The van der Waals surface area contributed by atoms with Crippen LogP contribution in [0.15, 0.2) is 89.7 Å². The van der Waals surface area contributed by atoms with Crippen LogP contribution in [0, 0.1) is 6.92 Å². The molecule has 3 heterocycles. The van der Waals surface area contributed by atoms with Crippen LogP contribution in [0.4, 0.5) is 5.69 Å². The van der Waals surface area contributed by atoms with Crippen molar-refractivity contribution in [2.24, 2.45) is 0 Å². The number of benzene rings is 2. The van der Waals surface area contributed by atoms with Crippen molar-refractivity contribution in [3.63, 3.8) is 0 Å². The van der Waals surface area contributed by atoms with Gasteiger partial charge < -0.3 is 19.9 Å². The first-order valence-electron chi connectivity index (χ1n) is 10.7. The van der Waals surface area contributed by atoms with E-state index in [0.717, 1.165) is 32.8 Å². The van der Waals surface area contributed by atoms with E-state index in [1.54, 1.807) is 24.4 Å². The number of nitrogens with zero attached hydrogens (tertiary/aromatic N) is 3. The first-order chi connectivity index (χ1) is 16.4. The summed E-state index contributed by atoms with van der Waals surface area (Å²) in [6.07, 6.45) is 3.72. The van der Waals surface area contributed by atoms with E-state index in [1.807, 2.05) is 66.2 Å². The maximum Gasteiger partial charge on any atom is 0.335 e. The number of thiocarbonyl (C=S) groups is 1. The summed E-state index contributed by atoms with van der Waals surface area (Å²) in [7, 11) is 0. The van der Waals surface area contributed by atoms with Crippen molar-refractivity contribution >= 4 is 44.9 Å². The molecule has 6 nitrogen and oxygen atoms in total. The van der Waals surface area contributed by atoms with E-state index < -0.39 is 5.97 Å². The van der Waals surface area contributed by atoms with Gasteiger partial charge in [-0.2, -0.15) is 0 Å². The van der Waals surface area contributed by atoms with Gasteiger partial charge in [-0.25, -0.2) is 4.79 Å². The molecule has 5 rings (SSSR count). The van der Waals surface area contributed by atoms with Crippen LogP contribution in [-0.4, -0.2) is 25.7 Å². The second-order valence-electron chi connectivity index (χ2n) is 8.09. The lowest BCUT2D eigenvalue weighted by Crippen LogP contribution is -2.30. The fraction of sp³-hybridized carbons (Fsp3) is 0.115. The standard InChI is InChI=1S/C26H21BrN4O2S/c1-16-14-19(10-11-20(16)27)31-24(23(29-26(31)34)21-8-2-3-12-28-21)22-9-5-13-30(22)18-7-4-6-17(15-18)25(32)33/h2-15,23-24H,1H3,(H,29,34)(H,32,33). The summed E-state index contributed by atoms with van der Waals surface area (Å²) in [5, 5.41) is 13.6. The Balaban J connectivity index is 1.67. The highest BCUT2D eigenvalue weighted by molar-refractivity contribution is 9.10. The Morgan fingerprint density at radius 2 is 1.91 bits per heavy atom. The van der Waals surface area contributed by atoms with Crippen LogP contribution < -0.4 is 10.2 Å². The van der Waals surface area contributed by atoms with Crippen LogP contribution in [-0.2, 0) is 0 Å². The number of anilines is 1. The molecule has 34 heavy (non-hydrogen) atoms. The van der Waals surface area contributed by atoms with Crippen molar-refractivity contribution in [2.75, 3.05) is 4.90 Å². The lowest BCUT2D eigenvalue weighted by atomic mass is 10.0. The molecular weight excluding hydrogens is 512 g/mol. The smallest absolute Gasteiger partial charge is 0.335 e. The number of carboxylic acids is 1. The van der Waals surface area contributed by atoms with Gasteiger partial charge in [-0.15, -0.1) is 0 Å². The van der Waals surface area contributed by atoms with E-state index in [2.05, 4.69) is 37.2 Å². The number of hydrogen-bond donors (Lipinski definition) is 2. The molecule has 1 fully saturated rings. The van der Waals surface area contributed by atoms with Crippen molar-refractivity contribution in [2.45, 2.75) is 19.0 Å². The third-order valence-electron chi connectivity index (χ3n) is 5.97. The van der Waals surface area contributed by atoms with E-state index in [-0.39, 0.29) is 17.6 Å². The van der Waals surface area contributed by atoms with Gasteiger partial charge in [0.15, 0.2) is 5.11 Å². The van der Waals surface area contributed by atoms with Gasteiger partial charge in [0.05, 0.1) is 17.3 Å². The van der Waals surface area contributed by atoms with Crippen molar-refractivity contribution in [3.8, 4) is 5.69 Å². The average molecular weight is 533 g/mol. The number of carboxylic acid groups (broad SMARTS) is 1. The number of nitrogens with one attached hydrogen (secondary N) is 1. The summed E-state index contributed by atoms with van der Waals surface area (Å²) in [4.78, 5) is 18.3. The number of carbonyl (C=O) groups is 1. The molecule has 0 amide bonds. The van der Waals surface area contributed by atoms with Gasteiger partial charge in [-0.3, -0.25) is 4.98 Å². The van der Waals surface area contributed by atoms with E-state index in [4.69, 9.17) is 12.2 Å². The van der Waals surface area contributed by atoms with Crippen LogP contribution >= 0.6 is 28.1 Å². The summed E-state index contributed by atoms with van der Waals surface area (Å²) in [6.45, 7) is 2.05. The number of aromatic nitrogens is 2. The monoisotopic (exact) mass is 532 g/mol. The predicted octanol–water partition coefficient (Wildman–Crippen LogP) is 5.82. The third kappa shape index (κ3) is 3.99. The summed E-state index contributed by atoms with van der Waals surface area (Å²) in [5.41, 5.74) is 4.91. The van der Waals surface area contributed by atoms with Crippen molar-refractivity contribution in [1.29, 1.82) is 0 Å². The molecule has 0 saturated carbocycles. The Labute approximate surface area is 211 Å². The van der Waals surface area contributed by atoms with E-state index >= 15 is 0 Å². The zero-order valence-electron chi connectivity index (χ0n) is 18.2. The highest BCUT2D eigenvalue weighted by Gasteiger charge is 2.42. The summed E-state index contributed by atoms with van der Waals surface area (Å²) in [6, 6.07) is 22.5. The fourth-order valence-electron chi connectivity index (χ4n) is 4.37. The lowest BCUT2D eigenvalue weighted by Gasteiger charge is -2.29. The van der Waals surface area contributed by atoms with E-state index in [1.165, 1.54) is 0 Å². The molecular formula is C26H21BrN4O2S.